The van der Waals surface area contributed by atoms with Crippen LogP contribution in [-0.4, -0.2) is 6.61 Å². The zero-order chi connectivity index (χ0) is 14.4. The number of nitriles is 1. The summed E-state index contributed by atoms with van der Waals surface area (Å²) >= 11 is 0. The molecule has 0 spiro atoms. The maximum atomic E-state index is 12.8. The molecule has 102 valence electrons. The van der Waals surface area contributed by atoms with Gasteiger partial charge < -0.3 is 10.1 Å². The Labute approximate surface area is 117 Å². The van der Waals surface area contributed by atoms with Gasteiger partial charge in [-0.2, -0.15) is 5.26 Å². The molecule has 2 aromatic rings. The second-order valence-electron chi connectivity index (χ2n) is 4.22. The van der Waals surface area contributed by atoms with E-state index >= 15 is 0 Å². The molecule has 20 heavy (non-hydrogen) atoms. The van der Waals surface area contributed by atoms with Crippen molar-refractivity contribution >= 4 is 5.69 Å². The molecule has 1 N–H and O–H groups in total. The van der Waals surface area contributed by atoms with Crippen molar-refractivity contribution in [2.45, 2.75) is 13.0 Å². The minimum absolute atomic E-state index is 0.301. The predicted octanol–water partition coefficient (Wildman–Crippen LogP) is 3.90. The zero-order valence-electron chi connectivity index (χ0n) is 11.1. The molecule has 0 saturated heterocycles. The van der Waals surface area contributed by atoms with Crippen LogP contribution in [-0.2, 0) is 0 Å². The number of halogens is 1. The minimum atomic E-state index is -0.490. The Morgan fingerprint density at radius 3 is 2.35 bits per heavy atom. The largest absolute Gasteiger partial charge is 0.494 e. The molecule has 1 unspecified atom stereocenters. The number of rotatable bonds is 5. The fourth-order valence-corrected chi connectivity index (χ4v) is 1.83. The van der Waals surface area contributed by atoms with Crippen LogP contribution in [0, 0.1) is 17.1 Å². The van der Waals surface area contributed by atoms with Crippen LogP contribution < -0.4 is 10.1 Å². The van der Waals surface area contributed by atoms with Crippen LogP contribution in [0.2, 0.25) is 0 Å². The van der Waals surface area contributed by atoms with Crippen LogP contribution >= 0.6 is 0 Å². The van der Waals surface area contributed by atoms with Crippen LogP contribution in [0.4, 0.5) is 10.1 Å². The van der Waals surface area contributed by atoms with Crippen molar-refractivity contribution in [3.8, 4) is 11.8 Å². The number of benzene rings is 2. The fourth-order valence-electron chi connectivity index (χ4n) is 1.83. The van der Waals surface area contributed by atoms with Crippen LogP contribution in [0.15, 0.2) is 48.5 Å². The molecule has 2 aromatic carbocycles. The summed E-state index contributed by atoms with van der Waals surface area (Å²) in [5.41, 5.74) is 1.53. The van der Waals surface area contributed by atoms with Gasteiger partial charge in [0.15, 0.2) is 0 Å². The Kier molecular flexibility index (Phi) is 4.56. The van der Waals surface area contributed by atoms with E-state index in [1.807, 2.05) is 31.2 Å². The van der Waals surface area contributed by atoms with E-state index in [4.69, 9.17) is 4.74 Å². The smallest absolute Gasteiger partial charge is 0.140 e. The molecule has 0 fully saturated rings. The van der Waals surface area contributed by atoms with Crippen LogP contribution in [0.1, 0.15) is 18.5 Å². The molecule has 4 heteroatoms. The van der Waals surface area contributed by atoms with Gasteiger partial charge in [0, 0.05) is 5.69 Å². The van der Waals surface area contributed by atoms with E-state index < -0.39 is 6.04 Å². The summed E-state index contributed by atoms with van der Waals surface area (Å²) in [5.74, 6) is 0.472. The number of nitrogens with one attached hydrogen (secondary N) is 1. The SMILES string of the molecule is CCOc1ccc(C(C#N)Nc2ccc(F)cc2)cc1. The predicted molar refractivity (Wildman–Crippen MR) is 76.0 cm³/mol. The van der Waals surface area contributed by atoms with Gasteiger partial charge >= 0.3 is 0 Å². The van der Waals surface area contributed by atoms with E-state index in [9.17, 15) is 9.65 Å². The van der Waals surface area contributed by atoms with E-state index in [-0.39, 0.29) is 5.82 Å². The lowest BCUT2D eigenvalue weighted by molar-refractivity contribution is 0.340. The highest BCUT2D eigenvalue weighted by molar-refractivity contribution is 5.47. The van der Waals surface area contributed by atoms with Gasteiger partial charge in [0.05, 0.1) is 12.7 Å². The lowest BCUT2D eigenvalue weighted by Crippen LogP contribution is -2.08. The van der Waals surface area contributed by atoms with Gasteiger partial charge in [-0.25, -0.2) is 4.39 Å². The summed E-state index contributed by atoms with van der Waals surface area (Å²) in [4.78, 5) is 0. The highest BCUT2D eigenvalue weighted by atomic mass is 19.1. The van der Waals surface area contributed by atoms with Gasteiger partial charge in [-0.15, -0.1) is 0 Å². The molecule has 0 aliphatic heterocycles. The summed E-state index contributed by atoms with van der Waals surface area (Å²) in [7, 11) is 0. The Hall–Kier alpha value is -2.54. The molecule has 3 nitrogen and oxygen atoms in total. The highest BCUT2D eigenvalue weighted by Crippen LogP contribution is 2.21. The minimum Gasteiger partial charge on any atom is -0.494 e. The lowest BCUT2D eigenvalue weighted by Gasteiger charge is -2.14. The van der Waals surface area contributed by atoms with Crippen molar-refractivity contribution in [3.63, 3.8) is 0 Å². The molecular weight excluding hydrogens is 255 g/mol. The van der Waals surface area contributed by atoms with Gasteiger partial charge in [0.2, 0.25) is 0 Å². The first-order chi connectivity index (χ1) is 9.72. The monoisotopic (exact) mass is 270 g/mol. The first-order valence-electron chi connectivity index (χ1n) is 6.37. The van der Waals surface area contributed by atoms with Crippen molar-refractivity contribution < 1.29 is 9.13 Å². The van der Waals surface area contributed by atoms with Crippen molar-refractivity contribution in [2.24, 2.45) is 0 Å². The number of hydrogen-bond acceptors (Lipinski definition) is 3. The van der Waals surface area contributed by atoms with Gasteiger partial charge in [-0.05, 0) is 48.9 Å². The Morgan fingerprint density at radius 1 is 1.15 bits per heavy atom. The van der Waals surface area contributed by atoms with Gasteiger partial charge in [0.1, 0.15) is 17.6 Å². The Bertz CT molecular complexity index is 587. The molecule has 0 amide bonds. The van der Waals surface area contributed by atoms with Crippen LogP contribution in [0.3, 0.4) is 0 Å². The fraction of sp³-hybridized carbons (Fsp3) is 0.188. The van der Waals surface area contributed by atoms with Crippen molar-refractivity contribution in [2.75, 3.05) is 11.9 Å². The summed E-state index contributed by atoms with van der Waals surface area (Å²) in [5, 5.41) is 12.3. The molecule has 0 aliphatic rings. The summed E-state index contributed by atoms with van der Waals surface area (Å²) < 4.78 is 18.2. The van der Waals surface area contributed by atoms with Gasteiger partial charge in [-0.1, -0.05) is 12.1 Å². The van der Waals surface area contributed by atoms with Gasteiger partial charge in [-0.3, -0.25) is 0 Å². The molecule has 0 saturated carbocycles. The number of nitrogens with zero attached hydrogens (tertiary/aromatic N) is 1. The second-order valence-corrected chi connectivity index (χ2v) is 4.22. The van der Waals surface area contributed by atoms with E-state index in [2.05, 4.69) is 11.4 Å². The zero-order valence-corrected chi connectivity index (χ0v) is 11.1. The maximum Gasteiger partial charge on any atom is 0.140 e. The normalized spacial score (nSPS) is 11.4. The molecule has 0 bridgehead atoms. The molecule has 0 aromatic heterocycles. The van der Waals surface area contributed by atoms with E-state index in [1.54, 1.807) is 12.1 Å². The number of anilines is 1. The van der Waals surface area contributed by atoms with Crippen LogP contribution in [0.5, 0.6) is 5.75 Å². The molecule has 1 atom stereocenters. The van der Waals surface area contributed by atoms with Crippen molar-refractivity contribution in [1.82, 2.24) is 0 Å². The van der Waals surface area contributed by atoms with E-state index in [0.717, 1.165) is 11.3 Å². The first-order valence-corrected chi connectivity index (χ1v) is 6.37. The number of hydrogen-bond donors (Lipinski definition) is 1. The standard InChI is InChI=1S/C16H15FN2O/c1-2-20-15-9-3-12(4-10-15)16(11-18)19-14-7-5-13(17)6-8-14/h3-10,16,19H,2H2,1H3. The third-order valence-corrected chi connectivity index (χ3v) is 2.81. The molecule has 0 heterocycles. The third kappa shape index (κ3) is 3.48. The second kappa shape index (κ2) is 6.58. The Balaban J connectivity index is 2.11. The van der Waals surface area contributed by atoms with Crippen molar-refractivity contribution in [1.29, 1.82) is 5.26 Å². The van der Waals surface area contributed by atoms with Crippen molar-refractivity contribution in [3.05, 3.63) is 59.9 Å². The maximum absolute atomic E-state index is 12.8. The Morgan fingerprint density at radius 2 is 1.80 bits per heavy atom. The quantitative estimate of drug-likeness (QED) is 0.896. The van der Waals surface area contributed by atoms with Crippen LogP contribution in [0.25, 0.3) is 0 Å². The summed E-state index contributed by atoms with van der Waals surface area (Å²) in [6.45, 7) is 2.52. The highest BCUT2D eigenvalue weighted by Gasteiger charge is 2.10. The topological polar surface area (TPSA) is 45.0 Å². The molecule has 0 aliphatic carbocycles. The first kappa shape index (κ1) is 13.9. The van der Waals surface area contributed by atoms with E-state index in [1.165, 1.54) is 12.1 Å². The number of ether oxygens (including phenoxy) is 1. The third-order valence-electron chi connectivity index (χ3n) is 2.81. The average Bonchev–Trinajstić information content (AvgIpc) is 2.48. The van der Waals surface area contributed by atoms with Gasteiger partial charge in [0.25, 0.3) is 0 Å². The summed E-state index contributed by atoms with van der Waals surface area (Å²) in [6.07, 6.45) is 0. The molecule has 2 rings (SSSR count). The molecular formula is C16H15FN2O. The molecule has 0 radical (unpaired) electrons. The summed E-state index contributed by atoms with van der Waals surface area (Å²) in [6, 6.07) is 15.0. The van der Waals surface area contributed by atoms with E-state index in [0.29, 0.717) is 12.3 Å². The lowest BCUT2D eigenvalue weighted by atomic mass is 10.1. The average molecular weight is 270 g/mol.